The molecule has 1 saturated heterocycles. The molecule has 5 saturated carbocycles. The van der Waals surface area contributed by atoms with Crippen LogP contribution in [0.5, 0.6) is 0 Å². The molecular formula is C94H106Cl3K2N18O21P. The van der Waals surface area contributed by atoms with Crippen LogP contribution >= 0.6 is 44.2 Å². The fraction of sp³-hybridized carbons (Fsp3) is 0.362. The molecule has 5 aliphatic carbocycles. The zero-order valence-corrected chi connectivity index (χ0v) is 86.5. The van der Waals surface area contributed by atoms with Crippen LogP contribution in [0.2, 0.25) is 10.0 Å². The second kappa shape index (κ2) is 53.6. The zero-order chi connectivity index (χ0) is 98.2. The van der Waals surface area contributed by atoms with Crippen LogP contribution in [0.1, 0.15) is 241 Å². The van der Waals surface area contributed by atoms with E-state index in [0.717, 1.165) is 109 Å². The van der Waals surface area contributed by atoms with Crippen molar-refractivity contribution in [2.75, 3.05) is 37.5 Å². The number of aliphatic hydroxyl groups is 2. The molecule has 6 fully saturated rings. The van der Waals surface area contributed by atoms with Gasteiger partial charge in [0, 0.05) is 74.0 Å². The van der Waals surface area contributed by atoms with Gasteiger partial charge in [0.1, 0.15) is 68.5 Å². The molecule has 14 N–H and O–H groups in total. The molecule has 12 amide bonds. The van der Waals surface area contributed by atoms with E-state index in [1.54, 1.807) is 110 Å². The van der Waals surface area contributed by atoms with E-state index in [0.29, 0.717) is 89.2 Å². The zero-order valence-electron chi connectivity index (χ0n) is 77.9. The number of nitrogen functional groups attached to an aromatic ring is 1. The van der Waals surface area contributed by atoms with E-state index in [4.69, 9.17) is 61.3 Å². The largest absolute Gasteiger partial charge is 1.00 e. The van der Waals surface area contributed by atoms with E-state index >= 15 is 0 Å². The van der Waals surface area contributed by atoms with E-state index < -0.39 is 52.7 Å². The van der Waals surface area contributed by atoms with Crippen molar-refractivity contribution in [3.05, 3.63) is 269 Å². The van der Waals surface area contributed by atoms with Crippen molar-refractivity contribution < 1.29 is 196 Å². The third kappa shape index (κ3) is 28.0. The van der Waals surface area contributed by atoms with Gasteiger partial charge in [-0.2, -0.15) is 4.90 Å². The average molecular weight is 2040 g/mol. The minimum Gasteiger partial charge on any atom is -1.00 e. The van der Waals surface area contributed by atoms with Crippen molar-refractivity contribution >= 4 is 139 Å². The van der Waals surface area contributed by atoms with Crippen molar-refractivity contribution in [1.82, 2.24) is 64.6 Å². The number of anilines is 2. The molecule has 8 aromatic rings. The number of carbonyl (C=O) groups is 14. The Kier molecular flexibility index (Phi) is 44.0. The maximum absolute atomic E-state index is 12.9. The minimum absolute atomic E-state index is 0. The number of aliphatic hydroxyl groups excluding tert-OH is 2. The molecule has 20 rings (SSSR count). The molecule has 39 nitrogen and oxygen atoms in total. The van der Waals surface area contributed by atoms with Gasteiger partial charge in [0.25, 0.3) is 82.6 Å². The van der Waals surface area contributed by atoms with Crippen LogP contribution in [0.15, 0.2) is 192 Å². The number of aromatic amines is 1. The number of fused-ring (bicyclic) bond motifs is 8. The van der Waals surface area contributed by atoms with E-state index in [1.165, 1.54) is 68.3 Å². The number of nitrogens with two attached hydrogens (primary N) is 4. The van der Waals surface area contributed by atoms with E-state index in [2.05, 4.69) is 68.7 Å². The number of amides is 12. The molecule has 9 atom stereocenters. The SMILES string of the molecule is CCOC(=O)N1C(=O)c2ccccc2C1=O.CPC.Cl.NC(=O)c1ccc(Cl)c(=O)[nH]1.N[C@H]1CCCC2(C1)NC(=O)C1=CC=C(Nc3ccncn3)CN12.N[C@H]1CCC[C@@H](O)C1.Nc1ccncn1.O=C1CCC[C@H](N2C(=O)c3ccccc3C2=O)C1.O=C1NC2(CCC[C@H](N3C(=O)c4ccccc4C3=O)C2)n2c1ccc(Cl)c2=O.O=C1c2ccccc2C(=O)N1[C@H]1CCC[C@@H](O)C1.O=CO[O-].[H-].[K+].[K+]. The standard InChI is InChI=1S/C20H16ClN3O4.C16H20N6O.C14H15NO3.C14H13NO3.C11H9NO4.C6H5ClN2O2.C6H13NO.C4H5N3.C2H7P.CH2O3.ClH.2K.H/c21-14-7-8-15-16(25)22-20(24(15)19(14)28)9-3-4-11(10-20)23-17(26)12-5-1-2-6-13(12)18(23)27;17-11-2-1-6-16(8-11)21-15(23)13-4-3-12(9-22(13)16)20-14-5-7-18-10-19-14;2*16-10-5-3-4-9(8-10)15-13(17)11-6-1-2-7-12(11)14(15)18;1-2-16-11(15)12-9(13)7-5-3-4-6-8(7)10(12)14;7-3-1-2-4(5(8)10)9-6(3)11;7-5-2-1-3-6(8)4-5;5-4-1-2-6-3-7-4;1-3-2;2-1-4-3;;;;/h1-2,5-8,11H,3-4,9-10H2,(H,22,25);3-5,7,10-11H,1-2,6,8-9,17H2,(H,21,23)(H,18,19,20);1-2,6-7,9-10,16H,3-5,8H2;1-2,6-7,9H,3-5,8H2;3-6H,2H2,1H3;1-2H,(H2,8,10)(H,9,11);5-6,8H,1-4,7H2;1-3H,(H2,5,6,7);3H,1-2H3;1,3H;1H;;;/q;;;;;;;;;;;2*+1;-1/p-1/t11-,20?;11-,16?;9-,10+;9-;;;5-,6+;;;;;;;/m0000..0......./s1. The first-order valence-corrected chi connectivity index (χ1v) is 46.7. The Labute approximate surface area is 903 Å². The molecule has 45 heteroatoms. The Bertz CT molecular complexity index is 5890. The van der Waals surface area contributed by atoms with Gasteiger partial charge in [0.2, 0.25) is 0 Å². The van der Waals surface area contributed by atoms with Gasteiger partial charge >= 0.3 is 109 Å². The first-order chi connectivity index (χ1) is 65.2. The number of ether oxygens (including phenoxy) is 1. The van der Waals surface area contributed by atoms with Crippen LogP contribution in [0, 0.1) is 0 Å². The maximum Gasteiger partial charge on any atom is 1.00 e. The first-order valence-electron chi connectivity index (χ1n) is 44.0. The molecule has 11 heterocycles. The number of benzene rings is 4. The molecule has 0 bridgehead atoms. The van der Waals surface area contributed by atoms with Crippen molar-refractivity contribution in [2.45, 2.75) is 189 Å². The number of rotatable bonds is 8. The number of hydrogen-bond donors (Lipinski definition) is 10. The van der Waals surface area contributed by atoms with Crippen molar-refractivity contribution in [3.8, 4) is 0 Å². The second-order valence-corrected chi connectivity index (χ2v) is 35.0. The summed E-state index contributed by atoms with van der Waals surface area (Å²) in [4.78, 5) is 215. The van der Waals surface area contributed by atoms with Crippen molar-refractivity contribution in [1.29, 1.82) is 0 Å². The summed E-state index contributed by atoms with van der Waals surface area (Å²) in [6.07, 6.45) is 23.7. The fourth-order valence-corrected chi connectivity index (χ4v) is 18.1. The number of halogens is 3. The number of aromatic nitrogens is 6. The predicted octanol–water partition coefficient (Wildman–Crippen LogP) is 1.99. The molecule has 4 aromatic heterocycles. The normalized spacial score (nSPS) is 22.1. The number of nitrogens with one attached hydrogen (secondary N) is 4. The fourth-order valence-electron chi connectivity index (χ4n) is 17.8. The molecular weight excluding hydrogens is 1930 g/mol. The van der Waals surface area contributed by atoms with E-state index in [-0.39, 0.29) is 258 Å². The summed E-state index contributed by atoms with van der Waals surface area (Å²) in [5.41, 5.74) is 24.7. The van der Waals surface area contributed by atoms with Crippen LogP contribution in [-0.4, -0.2) is 222 Å². The summed E-state index contributed by atoms with van der Waals surface area (Å²) in [5.74, 6) is -2.48. The summed E-state index contributed by atoms with van der Waals surface area (Å²) >= 11 is 11.4. The van der Waals surface area contributed by atoms with Gasteiger partial charge in [-0.25, -0.2) is 24.7 Å². The Morgan fingerprint density at radius 2 is 1.04 bits per heavy atom. The Hall–Kier alpha value is -10.2. The molecule has 139 heavy (non-hydrogen) atoms. The number of Topliss-reactive ketones (excluding diaryl/α,β-unsaturated/α-hetero) is 1. The smallest absolute Gasteiger partial charge is 1.00 e. The van der Waals surface area contributed by atoms with Crippen LogP contribution in [0.4, 0.5) is 16.4 Å². The van der Waals surface area contributed by atoms with Gasteiger partial charge in [-0.1, -0.05) is 71.7 Å². The number of carbonyl (C=O) groups excluding carboxylic acids is 14. The number of pyridine rings is 2. The predicted molar refractivity (Wildman–Crippen MR) is 505 cm³/mol. The maximum atomic E-state index is 12.9. The number of allylic oxidation sites excluding steroid dienone is 2. The summed E-state index contributed by atoms with van der Waals surface area (Å²) in [6.45, 7) is 6.49. The van der Waals surface area contributed by atoms with Gasteiger partial charge < -0.3 is 75.3 Å². The first kappa shape index (κ1) is 114. The van der Waals surface area contributed by atoms with Gasteiger partial charge in [0.15, 0.2) is 0 Å². The number of hydrogen-bond acceptors (Lipinski definition) is 30. The van der Waals surface area contributed by atoms with Crippen LogP contribution in [0.25, 0.3) is 0 Å². The number of imide groups is 6. The number of nitrogens with zero attached hydrogens (tertiary/aromatic N) is 10. The van der Waals surface area contributed by atoms with Gasteiger partial charge in [-0.3, -0.25) is 91.2 Å². The third-order valence-electron chi connectivity index (χ3n) is 23.9. The molecule has 7 aliphatic heterocycles. The van der Waals surface area contributed by atoms with E-state index in [9.17, 15) is 77.0 Å². The third-order valence-corrected chi connectivity index (χ3v) is 24.5. The molecule has 2 unspecified atom stereocenters. The Balaban J connectivity index is 0.000000220. The number of primary amides is 1. The van der Waals surface area contributed by atoms with Crippen LogP contribution in [0.3, 0.4) is 0 Å². The van der Waals surface area contributed by atoms with Crippen LogP contribution in [-0.2, 0) is 29.7 Å². The summed E-state index contributed by atoms with van der Waals surface area (Å²) in [6, 6.07) is 35.4. The monoisotopic (exact) mass is 2040 g/mol. The molecule has 2 spiro atoms. The van der Waals surface area contributed by atoms with Gasteiger partial charge in [0.05, 0.1) is 69.9 Å². The Morgan fingerprint density at radius 3 is 1.48 bits per heavy atom. The van der Waals surface area contributed by atoms with E-state index in [1.807, 2.05) is 18.2 Å². The Morgan fingerprint density at radius 1 is 0.576 bits per heavy atom. The molecule has 12 aliphatic rings. The second-order valence-electron chi connectivity index (χ2n) is 33.2. The minimum atomic E-state index is -0.980. The number of H-pyrrole nitrogens is 1. The van der Waals surface area contributed by atoms with Crippen molar-refractivity contribution in [2.24, 2.45) is 17.2 Å². The summed E-state index contributed by atoms with van der Waals surface area (Å²) in [7, 11) is 1.08. The summed E-state index contributed by atoms with van der Waals surface area (Å²) in [5, 5.41) is 36.6. The summed E-state index contributed by atoms with van der Waals surface area (Å²) < 4.78 is 6.05. The van der Waals surface area contributed by atoms with Crippen LogP contribution < -0.4 is 158 Å². The topological polar surface area (TPSA) is 584 Å². The number of ketones is 1. The molecule has 0 radical (unpaired) electrons. The molecule has 726 valence electrons. The molecule has 4 aromatic carbocycles. The van der Waals surface area contributed by atoms with Gasteiger partial charge in [-0.05, 0) is 220 Å². The average Bonchev–Trinajstić information content (AvgIpc) is 1.56. The quantitative estimate of drug-likeness (QED) is 0.0260. The van der Waals surface area contributed by atoms with Gasteiger partial charge in [-0.15, -0.1) is 21.0 Å². The van der Waals surface area contributed by atoms with Crippen molar-refractivity contribution in [3.63, 3.8) is 0 Å².